The van der Waals surface area contributed by atoms with Crippen molar-refractivity contribution in [1.29, 1.82) is 0 Å². The third-order valence-electron chi connectivity index (χ3n) is 22.8. The van der Waals surface area contributed by atoms with Gasteiger partial charge in [-0.15, -0.1) is 0 Å². The number of primary amides is 3. The number of para-hydroxylation sites is 1. The van der Waals surface area contributed by atoms with Crippen molar-refractivity contribution in [2.45, 2.75) is 301 Å². The summed E-state index contributed by atoms with van der Waals surface area (Å²) in [6, 6.07) is -4.17. The first kappa shape index (κ1) is 118. The summed E-state index contributed by atoms with van der Waals surface area (Å²) in [7, 11) is 0. The smallest absolute Gasteiger partial charge is 0.303 e. The van der Waals surface area contributed by atoms with E-state index in [-0.39, 0.29) is 99.8 Å². The number of carbonyl (C=O) groups excluding carboxylic acids is 18. The van der Waals surface area contributed by atoms with Gasteiger partial charge in [0.25, 0.3) is 0 Å². The van der Waals surface area contributed by atoms with E-state index >= 15 is 14.4 Å². The Balaban J connectivity index is 1.72. The lowest BCUT2D eigenvalue weighted by molar-refractivity contribution is -0.139. The first-order valence-corrected chi connectivity index (χ1v) is 47.1. The van der Waals surface area contributed by atoms with Crippen molar-refractivity contribution >= 4 is 123 Å². The quantitative estimate of drug-likeness (QED) is 0.0201. The number of rotatable bonds is 66. The predicted octanol–water partition coefficient (Wildman–Crippen LogP) is -2.64. The van der Waals surface area contributed by atoms with Crippen LogP contribution in [0.5, 0.6) is 11.5 Å². The number of carboxylic acid groups (broad SMARTS) is 1. The highest BCUT2D eigenvalue weighted by molar-refractivity contribution is 6.02. The number of nitrogens with two attached hydrogens (primary N) is 6. The zero-order chi connectivity index (χ0) is 104. The van der Waals surface area contributed by atoms with E-state index in [2.05, 4.69) is 84.7 Å². The minimum atomic E-state index is -1.90. The van der Waals surface area contributed by atoms with Crippen molar-refractivity contribution < 1.29 is 112 Å². The molecule has 16 atom stereocenters. The molecule has 4 rings (SSSR count). The molecule has 32 N–H and O–H groups in total. The van der Waals surface area contributed by atoms with E-state index in [1.165, 1.54) is 68.6 Å². The third-order valence-corrected chi connectivity index (χ3v) is 22.8. The van der Waals surface area contributed by atoms with Crippen LogP contribution in [-0.2, 0) is 110 Å². The molecule has 0 radical (unpaired) electrons. The zero-order valence-electron chi connectivity index (χ0n) is 80.9. The topological polar surface area (TPSA) is 758 Å². The van der Waals surface area contributed by atoms with Gasteiger partial charge in [0, 0.05) is 62.5 Å². The van der Waals surface area contributed by atoms with E-state index < -0.39 is 266 Å². The van der Waals surface area contributed by atoms with Crippen molar-refractivity contribution in [2.75, 3.05) is 26.2 Å². The average molecular weight is 1950 g/mol. The van der Waals surface area contributed by atoms with Gasteiger partial charge in [-0.1, -0.05) is 104 Å². The molecule has 1 heterocycles. The van der Waals surface area contributed by atoms with Gasteiger partial charge in [0.15, 0.2) is 0 Å². The second kappa shape index (κ2) is 61.0. The van der Waals surface area contributed by atoms with Crippen molar-refractivity contribution in [3.63, 3.8) is 0 Å². The highest BCUT2D eigenvalue weighted by Crippen LogP contribution is 2.23. The number of aromatic amines is 1. The molecule has 0 saturated heterocycles. The van der Waals surface area contributed by atoms with Gasteiger partial charge in [-0.2, -0.15) is 0 Å². The van der Waals surface area contributed by atoms with Crippen LogP contribution >= 0.6 is 0 Å². The van der Waals surface area contributed by atoms with Crippen LogP contribution in [0.1, 0.15) is 208 Å². The van der Waals surface area contributed by atoms with Crippen LogP contribution in [0, 0.1) is 23.7 Å². The molecule has 0 aliphatic carbocycles. The minimum absolute atomic E-state index is 0.00176. The monoisotopic (exact) mass is 1950 g/mol. The molecule has 0 bridgehead atoms. The number of fused-ring (bicyclic) bond motifs is 1. The Labute approximate surface area is 808 Å². The SMILES string of the molecule is CC[C@H](C)[C@H](NC(=O)CNC(=O)[C@H](CCCCN)NC(=O)[C@H](Cc1ccc(O)cc1)NC(=O)[C@H](CCCCN)NC(=O)[C@H](CC(C)C)NC(=O)[C@H](CCC(N)=O)NC(=O)[C@H](Cc1ccc(O)cc1)NC(=O)[C@H](CC(C)C)NC(=O)[C@H](CCC(=O)O)NC(=O)[C@H](CCC(N)=O)NC(=O)[C@H](Cc1c[nH]c2ccccc12)NC(=O)[C@@H](NC(=O)[C@H](CC(C)C)NC(=O)[C@H](CCCCN)NC(C)=O)[C@@H](C)O)C(N)=O. The Morgan fingerprint density at radius 2 is 0.683 bits per heavy atom. The Kier molecular flexibility index (Phi) is 51.7. The van der Waals surface area contributed by atoms with Gasteiger partial charge >= 0.3 is 5.97 Å². The fraction of sp³-hybridized carbons (Fsp3) is 0.585. The van der Waals surface area contributed by atoms with Crippen molar-refractivity contribution in [3.05, 3.63) is 95.7 Å². The first-order chi connectivity index (χ1) is 65.7. The molecule has 0 spiro atoms. The summed E-state index contributed by atoms with van der Waals surface area (Å²) in [4.78, 5) is 269. The van der Waals surface area contributed by atoms with Gasteiger partial charge in [-0.05, 0) is 194 Å². The molecule has 0 aliphatic heterocycles. The number of carbonyl (C=O) groups is 19. The molecule has 18 amide bonds. The molecule has 0 aliphatic rings. The summed E-state index contributed by atoms with van der Waals surface area (Å²) in [6.45, 7) is 16.1. The molecule has 139 heavy (non-hydrogen) atoms. The molecule has 0 fully saturated rings. The van der Waals surface area contributed by atoms with Crippen LogP contribution in [-0.4, -0.2) is 255 Å². The van der Waals surface area contributed by atoms with Gasteiger partial charge in [0.1, 0.15) is 96.1 Å². The molecule has 45 nitrogen and oxygen atoms in total. The summed E-state index contributed by atoms with van der Waals surface area (Å²) < 4.78 is 0. The maximum atomic E-state index is 15.1. The number of hydrogen-bond acceptors (Lipinski definition) is 25. The number of nitrogens with one attached hydrogen (secondary N) is 16. The van der Waals surface area contributed by atoms with E-state index in [1.807, 2.05) is 0 Å². The molecule has 0 unspecified atom stereocenters. The Bertz CT molecular complexity index is 4760. The van der Waals surface area contributed by atoms with Crippen LogP contribution in [0.3, 0.4) is 0 Å². The van der Waals surface area contributed by atoms with E-state index in [9.17, 15) is 97.1 Å². The molecule has 4 aromatic rings. The number of unbranched alkanes of at least 4 members (excludes halogenated alkanes) is 3. The third kappa shape index (κ3) is 43.4. The van der Waals surface area contributed by atoms with Crippen LogP contribution in [0.4, 0.5) is 0 Å². The number of phenolic OH excluding ortho intramolecular Hbond substituents is 2. The predicted molar refractivity (Wildman–Crippen MR) is 512 cm³/mol. The molecule has 0 saturated carbocycles. The van der Waals surface area contributed by atoms with Crippen molar-refractivity contribution in [1.82, 2.24) is 84.7 Å². The number of benzene rings is 3. The van der Waals surface area contributed by atoms with Gasteiger partial charge < -0.3 is 140 Å². The lowest BCUT2D eigenvalue weighted by Gasteiger charge is -2.29. The fourth-order valence-corrected chi connectivity index (χ4v) is 15.1. The van der Waals surface area contributed by atoms with Crippen molar-refractivity contribution in [2.24, 2.45) is 58.1 Å². The highest BCUT2D eigenvalue weighted by Gasteiger charge is 2.41. The number of hydrogen-bond donors (Lipinski definition) is 26. The number of aliphatic hydroxyl groups excluding tert-OH is 1. The molecule has 45 heteroatoms. The van der Waals surface area contributed by atoms with Crippen molar-refractivity contribution in [3.8, 4) is 11.5 Å². The lowest BCUT2D eigenvalue weighted by atomic mass is 9.98. The standard InChI is InChI=1S/C94H146N22O23/c1-11-53(8)79(81(100)126)115-77(123)49-102-82(127)63(22-14-17-39-95)104-90(135)72(45-56-25-29-59(119)30-26-56)112-84(129)65(24-16-19-41-97)105-88(133)69(42-50(2)3)109-86(131)67(34-37-76(99)122)107-91(136)73(46-57-27-31-60(120)32-28-57)113-89(134)70(43-51(4)5)110-87(132)68(35-38-78(124)125)106-85(130)66(33-36-75(98)121)108-92(137)74(47-58-48-101-62-21-13-12-20-61(58)62)114-94(139)80(54(9)117)116-93(138)71(44-52(6)7)111-83(128)64(103-55(10)118)23-15-18-40-96/h12-13,20-21,25-32,48,50-54,63-74,79-80,101,117,119-120H,11,14-19,22-24,33-47,49,95-97H2,1-10H3,(H2,98,121)(H2,99,122)(H2,100,126)(H,102,127)(H,103,118)(H,104,135)(H,105,133)(H,106,130)(H,107,136)(H,108,137)(H,109,131)(H,110,132)(H,111,128)(H,112,129)(H,113,134)(H,114,139)(H,115,123)(H,116,138)(H,124,125)/t53-,54+,63-,64-,65-,66-,67-,68-,69-,70-,71-,72-,73-,74-,79-,80-/m0/s1. The van der Waals surface area contributed by atoms with E-state index in [1.54, 1.807) is 79.7 Å². The summed E-state index contributed by atoms with van der Waals surface area (Å²) >= 11 is 0. The lowest BCUT2D eigenvalue weighted by Crippen LogP contribution is -2.62. The van der Waals surface area contributed by atoms with Crippen LogP contribution in [0.15, 0.2) is 79.0 Å². The Morgan fingerprint density at radius 3 is 1.04 bits per heavy atom. The number of carboxylic acids is 1. The summed E-state index contributed by atoms with van der Waals surface area (Å²) in [6.07, 6.45) is -2.75. The molecule has 3 aromatic carbocycles. The van der Waals surface area contributed by atoms with Gasteiger partial charge in [-0.25, -0.2) is 0 Å². The van der Waals surface area contributed by atoms with Crippen LogP contribution < -0.4 is 114 Å². The first-order valence-electron chi connectivity index (χ1n) is 47.1. The van der Waals surface area contributed by atoms with E-state index in [4.69, 9.17) is 34.4 Å². The number of aromatic nitrogens is 1. The zero-order valence-corrected chi connectivity index (χ0v) is 80.9. The molecule has 770 valence electrons. The largest absolute Gasteiger partial charge is 0.508 e. The van der Waals surface area contributed by atoms with E-state index in [0.29, 0.717) is 67.1 Å². The average Bonchev–Trinajstić information content (AvgIpc) is 1.69. The normalized spacial score (nSPS) is 14.7. The summed E-state index contributed by atoms with van der Waals surface area (Å²) in [5.74, 6) is -20.7. The second-order valence-corrected chi connectivity index (χ2v) is 36.2. The molecule has 1 aromatic heterocycles. The number of aliphatic carboxylic acids is 1. The maximum Gasteiger partial charge on any atom is 0.303 e. The van der Waals surface area contributed by atoms with Gasteiger partial charge in [0.2, 0.25) is 106 Å². The minimum Gasteiger partial charge on any atom is -0.508 e. The number of aromatic hydroxyl groups is 2. The highest BCUT2D eigenvalue weighted by atomic mass is 16.4. The van der Waals surface area contributed by atoms with E-state index in [0.717, 1.165) is 0 Å². The summed E-state index contributed by atoms with van der Waals surface area (Å²) in [5, 5.41) is 81.0. The number of aliphatic hydroxyl groups is 1. The molecular weight excluding hydrogens is 1810 g/mol. The Hall–Kier alpha value is -13.4. The number of amides is 18. The summed E-state index contributed by atoms with van der Waals surface area (Å²) in [5.41, 5.74) is 35.9. The Morgan fingerprint density at radius 1 is 0.360 bits per heavy atom. The van der Waals surface area contributed by atoms with Crippen LogP contribution in [0.2, 0.25) is 0 Å². The van der Waals surface area contributed by atoms with Gasteiger partial charge in [0.05, 0.1) is 12.6 Å². The fourth-order valence-electron chi connectivity index (χ4n) is 15.1. The second-order valence-electron chi connectivity index (χ2n) is 36.2. The maximum absolute atomic E-state index is 15.1. The van der Waals surface area contributed by atoms with Crippen LogP contribution in [0.25, 0.3) is 10.9 Å². The number of H-pyrrole nitrogens is 1. The number of phenols is 2. The van der Waals surface area contributed by atoms with Gasteiger partial charge in [-0.3, -0.25) is 91.1 Å². The molecular formula is C94H146N22O23.